The van der Waals surface area contributed by atoms with Gasteiger partial charge in [-0.05, 0) is 12.5 Å². The van der Waals surface area contributed by atoms with E-state index in [0.717, 1.165) is 41.1 Å². The summed E-state index contributed by atoms with van der Waals surface area (Å²) in [6.45, 7) is 2.84. The van der Waals surface area contributed by atoms with Crippen LogP contribution in [0, 0.1) is 0 Å². The maximum absolute atomic E-state index is 6.05. The topological polar surface area (TPSA) is 48.8 Å². The lowest BCUT2D eigenvalue weighted by atomic mass is 10.2. The Bertz CT molecular complexity index is 711. The molecule has 0 aromatic carbocycles. The molecular formula is C14H17ClN4O. The number of imidazole rings is 1. The molecule has 0 bridgehead atoms. The molecule has 0 saturated carbocycles. The average molecular weight is 293 g/mol. The molecule has 0 spiro atoms. The van der Waals surface area contributed by atoms with E-state index in [1.54, 1.807) is 12.5 Å². The monoisotopic (exact) mass is 292 g/mol. The zero-order valence-corrected chi connectivity index (χ0v) is 12.4. The lowest BCUT2D eigenvalue weighted by Gasteiger charge is -2.06. The highest BCUT2D eigenvalue weighted by molar-refractivity contribution is 6.16. The third-order valence-electron chi connectivity index (χ3n) is 3.40. The van der Waals surface area contributed by atoms with Gasteiger partial charge in [-0.15, -0.1) is 11.6 Å². The lowest BCUT2D eigenvalue weighted by molar-refractivity contribution is 0.561. The van der Waals surface area contributed by atoms with Crippen LogP contribution in [0.5, 0.6) is 0 Å². The number of aromatic nitrogens is 4. The Morgan fingerprint density at radius 1 is 1.40 bits per heavy atom. The Labute approximate surface area is 122 Å². The molecule has 0 fully saturated rings. The van der Waals surface area contributed by atoms with E-state index >= 15 is 0 Å². The Morgan fingerprint density at radius 2 is 2.25 bits per heavy atom. The smallest absolute Gasteiger partial charge is 0.159 e. The molecule has 0 aliphatic rings. The SMILES string of the molecule is CCCc1nn(C)c2c1nc(CCl)n2Cc1ccoc1. The van der Waals surface area contributed by atoms with Crippen LogP contribution in [0.1, 0.15) is 30.4 Å². The molecule has 0 aliphatic heterocycles. The Balaban J connectivity index is 2.13. The number of halogens is 1. The van der Waals surface area contributed by atoms with Crippen LogP contribution < -0.4 is 0 Å². The van der Waals surface area contributed by atoms with E-state index in [4.69, 9.17) is 16.0 Å². The largest absolute Gasteiger partial charge is 0.472 e. The van der Waals surface area contributed by atoms with Gasteiger partial charge in [0, 0.05) is 12.6 Å². The van der Waals surface area contributed by atoms with Crippen molar-refractivity contribution in [3.8, 4) is 0 Å². The highest BCUT2D eigenvalue weighted by Gasteiger charge is 2.18. The minimum atomic E-state index is 0.387. The summed E-state index contributed by atoms with van der Waals surface area (Å²) in [6.07, 6.45) is 5.40. The van der Waals surface area contributed by atoms with Crippen molar-refractivity contribution in [3.63, 3.8) is 0 Å². The highest BCUT2D eigenvalue weighted by atomic mass is 35.5. The number of aryl methyl sites for hydroxylation is 2. The Hall–Kier alpha value is -1.75. The maximum Gasteiger partial charge on any atom is 0.159 e. The average Bonchev–Trinajstić information content (AvgIpc) is 3.11. The van der Waals surface area contributed by atoms with E-state index in [1.807, 2.05) is 17.8 Å². The molecular weight excluding hydrogens is 276 g/mol. The molecule has 3 rings (SSSR count). The van der Waals surface area contributed by atoms with Crippen molar-refractivity contribution in [2.45, 2.75) is 32.2 Å². The van der Waals surface area contributed by atoms with Gasteiger partial charge in [0.05, 0.1) is 30.6 Å². The molecule has 20 heavy (non-hydrogen) atoms. The maximum atomic E-state index is 6.05. The first-order chi connectivity index (χ1) is 9.74. The molecule has 0 radical (unpaired) electrons. The number of rotatable bonds is 5. The summed E-state index contributed by atoms with van der Waals surface area (Å²) in [5, 5.41) is 4.57. The molecule has 0 aliphatic carbocycles. The predicted molar refractivity (Wildman–Crippen MR) is 77.9 cm³/mol. The van der Waals surface area contributed by atoms with Crippen LogP contribution >= 0.6 is 11.6 Å². The normalized spacial score (nSPS) is 11.6. The molecule has 106 valence electrons. The van der Waals surface area contributed by atoms with Crippen LogP contribution in [0.2, 0.25) is 0 Å². The van der Waals surface area contributed by atoms with E-state index < -0.39 is 0 Å². The van der Waals surface area contributed by atoms with E-state index in [9.17, 15) is 0 Å². The van der Waals surface area contributed by atoms with E-state index in [1.165, 1.54) is 0 Å². The lowest BCUT2D eigenvalue weighted by Crippen LogP contribution is -2.07. The summed E-state index contributed by atoms with van der Waals surface area (Å²) in [5.74, 6) is 1.26. The number of hydrogen-bond acceptors (Lipinski definition) is 3. The van der Waals surface area contributed by atoms with Crippen LogP contribution in [0.4, 0.5) is 0 Å². The first-order valence-electron chi connectivity index (χ1n) is 6.72. The Morgan fingerprint density at radius 3 is 2.90 bits per heavy atom. The Kier molecular flexibility index (Phi) is 3.53. The van der Waals surface area contributed by atoms with Gasteiger partial charge in [0.25, 0.3) is 0 Å². The zero-order valence-electron chi connectivity index (χ0n) is 11.6. The van der Waals surface area contributed by atoms with Crippen LogP contribution in [0.15, 0.2) is 23.0 Å². The summed E-state index contributed by atoms with van der Waals surface area (Å²) >= 11 is 6.05. The van der Waals surface area contributed by atoms with Crippen LogP contribution in [0.25, 0.3) is 11.2 Å². The summed E-state index contributed by atoms with van der Waals surface area (Å²) < 4.78 is 9.14. The predicted octanol–water partition coefficient (Wildman–Crippen LogP) is 3.10. The molecule has 5 nitrogen and oxygen atoms in total. The molecule has 0 unspecified atom stereocenters. The first kappa shape index (κ1) is 13.2. The minimum absolute atomic E-state index is 0.387. The van der Waals surface area contributed by atoms with Crippen molar-refractivity contribution in [2.24, 2.45) is 7.05 Å². The molecule has 0 amide bonds. The first-order valence-corrected chi connectivity index (χ1v) is 7.26. The highest BCUT2D eigenvalue weighted by Crippen LogP contribution is 2.23. The number of hydrogen-bond donors (Lipinski definition) is 0. The summed E-state index contributed by atoms with van der Waals surface area (Å²) in [5.41, 5.74) is 4.12. The van der Waals surface area contributed by atoms with Gasteiger partial charge in [-0.25, -0.2) is 4.98 Å². The summed E-state index contributed by atoms with van der Waals surface area (Å²) in [4.78, 5) is 4.67. The van der Waals surface area contributed by atoms with Crippen molar-refractivity contribution in [1.82, 2.24) is 19.3 Å². The fourth-order valence-corrected chi connectivity index (χ4v) is 2.73. The van der Waals surface area contributed by atoms with E-state index in [2.05, 4.69) is 21.6 Å². The molecule has 6 heteroatoms. The van der Waals surface area contributed by atoms with E-state index in [0.29, 0.717) is 12.4 Å². The molecule has 0 saturated heterocycles. The minimum Gasteiger partial charge on any atom is -0.472 e. The van der Waals surface area contributed by atoms with Crippen molar-refractivity contribution in [1.29, 1.82) is 0 Å². The molecule has 0 atom stereocenters. The van der Waals surface area contributed by atoms with Crippen molar-refractivity contribution >= 4 is 22.8 Å². The van der Waals surface area contributed by atoms with Gasteiger partial charge in [-0.1, -0.05) is 13.3 Å². The summed E-state index contributed by atoms with van der Waals surface area (Å²) in [6, 6.07) is 1.95. The fraction of sp³-hybridized carbons (Fsp3) is 0.429. The third kappa shape index (κ3) is 2.12. The molecule has 0 N–H and O–H groups in total. The van der Waals surface area contributed by atoms with Crippen LogP contribution in [0.3, 0.4) is 0 Å². The third-order valence-corrected chi connectivity index (χ3v) is 3.64. The quantitative estimate of drug-likeness (QED) is 0.679. The van der Waals surface area contributed by atoms with Gasteiger partial charge in [0.15, 0.2) is 5.65 Å². The fourth-order valence-electron chi connectivity index (χ4n) is 2.53. The number of alkyl halides is 1. The second-order valence-corrected chi connectivity index (χ2v) is 5.14. The van der Waals surface area contributed by atoms with Gasteiger partial charge in [-0.2, -0.15) is 5.10 Å². The van der Waals surface area contributed by atoms with Crippen LogP contribution in [-0.4, -0.2) is 19.3 Å². The molecule has 3 aromatic rings. The zero-order chi connectivity index (χ0) is 14.1. The summed E-state index contributed by atoms with van der Waals surface area (Å²) in [7, 11) is 1.95. The second kappa shape index (κ2) is 5.32. The van der Waals surface area contributed by atoms with Crippen molar-refractivity contribution in [2.75, 3.05) is 0 Å². The van der Waals surface area contributed by atoms with Crippen LogP contribution in [-0.2, 0) is 25.9 Å². The number of fused-ring (bicyclic) bond motifs is 1. The van der Waals surface area contributed by atoms with E-state index in [-0.39, 0.29) is 0 Å². The number of nitrogens with zero attached hydrogens (tertiary/aromatic N) is 4. The van der Waals surface area contributed by atoms with Crippen molar-refractivity contribution < 1.29 is 4.42 Å². The van der Waals surface area contributed by atoms with Gasteiger partial charge >= 0.3 is 0 Å². The second-order valence-electron chi connectivity index (χ2n) is 4.87. The van der Waals surface area contributed by atoms with Gasteiger partial charge in [0.1, 0.15) is 11.3 Å². The number of furan rings is 1. The van der Waals surface area contributed by atoms with Gasteiger partial charge in [-0.3, -0.25) is 4.68 Å². The standard InChI is InChI=1S/C14H17ClN4O/c1-3-4-11-13-14(18(2)17-11)19(12(7-15)16-13)8-10-5-6-20-9-10/h5-6,9H,3-4,7-8H2,1-2H3. The van der Waals surface area contributed by atoms with Gasteiger partial charge < -0.3 is 8.98 Å². The van der Waals surface area contributed by atoms with Crippen molar-refractivity contribution in [3.05, 3.63) is 35.7 Å². The van der Waals surface area contributed by atoms with Gasteiger partial charge in [0.2, 0.25) is 0 Å². The molecule has 3 aromatic heterocycles. The molecule has 3 heterocycles.